The molecular weight excluding hydrogens is 172 g/mol. The van der Waals surface area contributed by atoms with Gasteiger partial charge >= 0.3 is 0 Å². The normalized spacial score (nSPS) is 22.6. The zero-order chi connectivity index (χ0) is 10.0. The first kappa shape index (κ1) is 9.57. The molecule has 72 valence electrons. The quantitative estimate of drug-likeness (QED) is 0.565. The summed E-state index contributed by atoms with van der Waals surface area (Å²) in [5.41, 5.74) is 5.08. The molecule has 0 aromatic heterocycles. The lowest BCUT2D eigenvalue weighted by atomic mass is 10.0. The molecular formula is C8H12N2O3. The summed E-state index contributed by atoms with van der Waals surface area (Å²) >= 11 is 0. The summed E-state index contributed by atoms with van der Waals surface area (Å²) in [6.07, 6.45) is 1.68. The van der Waals surface area contributed by atoms with E-state index in [2.05, 4.69) is 0 Å². The molecule has 5 nitrogen and oxygen atoms in total. The van der Waals surface area contributed by atoms with E-state index in [4.69, 9.17) is 10.5 Å². The van der Waals surface area contributed by atoms with Gasteiger partial charge in [0.1, 0.15) is 5.76 Å². The number of hydrogen-bond acceptors (Lipinski definition) is 3. The van der Waals surface area contributed by atoms with Crippen LogP contribution in [0.15, 0.2) is 11.8 Å². The molecule has 0 spiro atoms. The number of methoxy groups -OCH3 is 1. The van der Waals surface area contributed by atoms with Gasteiger partial charge in [-0.15, -0.1) is 0 Å². The maximum atomic E-state index is 11.4. The summed E-state index contributed by atoms with van der Waals surface area (Å²) in [5.74, 6) is -1.60. The van der Waals surface area contributed by atoms with Crippen LogP contribution in [-0.4, -0.2) is 37.4 Å². The van der Waals surface area contributed by atoms with E-state index in [0.29, 0.717) is 12.3 Å². The minimum absolute atomic E-state index is 0.313. The van der Waals surface area contributed by atoms with Crippen LogP contribution in [-0.2, 0) is 14.3 Å². The molecule has 1 heterocycles. The molecule has 2 amide bonds. The van der Waals surface area contributed by atoms with Crippen molar-refractivity contribution in [3.63, 3.8) is 0 Å². The zero-order valence-corrected chi connectivity index (χ0v) is 7.61. The molecule has 0 aromatic carbocycles. The van der Waals surface area contributed by atoms with Gasteiger partial charge in [0.15, 0.2) is 5.92 Å². The van der Waals surface area contributed by atoms with Crippen LogP contribution >= 0.6 is 0 Å². The lowest BCUT2D eigenvalue weighted by Gasteiger charge is -2.26. The number of ether oxygens (including phenoxy) is 1. The zero-order valence-electron chi connectivity index (χ0n) is 7.61. The molecule has 5 heteroatoms. The summed E-state index contributed by atoms with van der Waals surface area (Å²) in [5, 5.41) is 0. The van der Waals surface area contributed by atoms with E-state index in [1.54, 1.807) is 13.1 Å². The van der Waals surface area contributed by atoms with Crippen LogP contribution in [0.4, 0.5) is 0 Å². The standard InChI is InChI=1S/C8H12N2O3/c1-10-4-3-5(13-2)6(7(9)11)8(10)12/h3,6H,4H2,1-2H3,(H2,9,11). The Hall–Kier alpha value is -1.52. The summed E-state index contributed by atoms with van der Waals surface area (Å²) in [6, 6.07) is 0. The summed E-state index contributed by atoms with van der Waals surface area (Å²) in [4.78, 5) is 23.8. The van der Waals surface area contributed by atoms with Crippen LogP contribution in [0.25, 0.3) is 0 Å². The fourth-order valence-electron chi connectivity index (χ4n) is 1.24. The van der Waals surface area contributed by atoms with E-state index in [0.717, 1.165) is 0 Å². The van der Waals surface area contributed by atoms with Gasteiger partial charge in [-0.1, -0.05) is 0 Å². The van der Waals surface area contributed by atoms with Crippen LogP contribution in [0, 0.1) is 5.92 Å². The number of primary amides is 1. The van der Waals surface area contributed by atoms with Crippen molar-refractivity contribution in [2.45, 2.75) is 0 Å². The number of hydrogen-bond donors (Lipinski definition) is 1. The van der Waals surface area contributed by atoms with Gasteiger partial charge in [0.2, 0.25) is 11.8 Å². The molecule has 0 saturated heterocycles. The largest absolute Gasteiger partial charge is 0.500 e. The summed E-state index contributed by atoms with van der Waals surface area (Å²) < 4.78 is 4.90. The predicted molar refractivity (Wildman–Crippen MR) is 45.4 cm³/mol. The average molecular weight is 184 g/mol. The van der Waals surface area contributed by atoms with E-state index in [-0.39, 0.29) is 5.91 Å². The van der Waals surface area contributed by atoms with Crippen LogP contribution in [0.3, 0.4) is 0 Å². The Labute approximate surface area is 76.1 Å². The highest BCUT2D eigenvalue weighted by molar-refractivity contribution is 6.02. The van der Waals surface area contributed by atoms with E-state index < -0.39 is 11.8 Å². The highest BCUT2D eigenvalue weighted by Gasteiger charge is 2.34. The Balaban J connectivity index is 2.97. The topological polar surface area (TPSA) is 72.6 Å². The maximum absolute atomic E-state index is 11.4. The number of nitrogens with two attached hydrogens (primary N) is 1. The number of carbonyl (C=O) groups is 2. The third kappa shape index (κ3) is 1.63. The molecule has 1 aliphatic heterocycles. The van der Waals surface area contributed by atoms with Crippen molar-refractivity contribution in [1.29, 1.82) is 0 Å². The number of amides is 2. The number of nitrogens with zero attached hydrogens (tertiary/aromatic N) is 1. The monoisotopic (exact) mass is 184 g/mol. The van der Waals surface area contributed by atoms with Crippen LogP contribution in [0.1, 0.15) is 0 Å². The van der Waals surface area contributed by atoms with E-state index in [1.165, 1.54) is 12.0 Å². The smallest absolute Gasteiger partial charge is 0.242 e. The third-order valence-corrected chi connectivity index (χ3v) is 1.99. The molecule has 1 rings (SSSR count). The van der Waals surface area contributed by atoms with Crippen molar-refractivity contribution in [3.8, 4) is 0 Å². The van der Waals surface area contributed by atoms with Crippen molar-refractivity contribution in [3.05, 3.63) is 11.8 Å². The van der Waals surface area contributed by atoms with Crippen molar-refractivity contribution in [2.24, 2.45) is 11.7 Å². The van der Waals surface area contributed by atoms with Crippen molar-refractivity contribution in [1.82, 2.24) is 4.90 Å². The molecule has 13 heavy (non-hydrogen) atoms. The fraction of sp³-hybridized carbons (Fsp3) is 0.500. The molecule has 1 unspecified atom stereocenters. The Kier molecular flexibility index (Phi) is 2.55. The van der Waals surface area contributed by atoms with Gasteiger partial charge in [-0.2, -0.15) is 0 Å². The lowest BCUT2D eigenvalue weighted by Crippen LogP contribution is -2.44. The highest BCUT2D eigenvalue weighted by atomic mass is 16.5. The molecule has 0 radical (unpaired) electrons. The van der Waals surface area contributed by atoms with Gasteiger partial charge in [0.05, 0.1) is 7.11 Å². The SMILES string of the molecule is COC1=CCN(C)C(=O)C1C(N)=O. The Morgan fingerprint density at radius 3 is 2.85 bits per heavy atom. The van der Waals surface area contributed by atoms with Crippen molar-refractivity contribution >= 4 is 11.8 Å². The fourth-order valence-corrected chi connectivity index (χ4v) is 1.24. The first-order valence-corrected chi connectivity index (χ1v) is 3.86. The third-order valence-electron chi connectivity index (χ3n) is 1.99. The molecule has 0 saturated carbocycles. The van der Waals surface area contributed by atoms with Crippen LogP contribution < -0.4 is 5.73 Å². The first-order valence-electron chi connectivity index (χ1n) is 3.86. The Bertz CT molecular complexity index is 273. The molecule has 2 N–H and O–H groups in total. The van der Waals surface area contributed by atoms with Gasteiger partial charge in [0, 0.05) is 13.6 Å². The second-order valence-corrected chi connectivity index (χ2v) is 2.86. The minimum Gasteiger partial charge on any atom is -0.500 e. The molecule has 1 atom stereocenters. The Morgan fingerprint density at radius 2 is 2.38 bits per heavy atom. The summed E-state index contributed by atoms with van der Waals surface area (Å²) in [6.45, 7) is 0.450. The predicted octanol–water partition coefficient (Wildman–Crippen LogP) is -0.910. The highest BCUT2D eigenvalue weighted by Crippen LogP contribution is 2.18. The van der Waals surface area contributed by atoms with E-state index in [9.17, 15) is 9.59 Å². The molecule has 0 aliphatic carbocycles. The van der Waals surface area contributed by atoms with Crippen molar-refractivity contribution < 1.29 is 14.3 Å². The van der Waals surface area contributed by atoms with Crippen LogP contribution in [0.5, 0.6) is 0 Å². The molecule has 0 aromatic rings. The molecule has 0 fully saturated rings. The Morgan fingerprint density at radius 1 is 1.77 bits per heavy atom. The second kappa shape index (κ2) is 3.47. The molecule has 1 aliphatic rings. The van der Waals surface area contributed by atoms with Gasteiger partial charge in [-0.05, 0) is 6.08 Å². The van der Waals surface area contributed by atoms with E-state index >= 15 is 0 Å². The van der Waals surface area contributed by atoms with Gasteiger partial charge < -0.3 is 15.4 Å². The van der Waals surface area contributed by atoms with Gasteiger partial charge in [-0.25, -0.2) is 0 Å². The first-order chi connectivity index (χ1) is 6.07. The lowest BCUT2D eigenvalue weighted by molar-refractivity contribution is -0.140. The molecule has 0 bridgehead atoms. The minimum atomic E-state index is -0.955. The summed E-state index contributed by atoms with van der Waals surface area (Å²) in [7, 11) is 3.03. The average Bonchev–Trinajstić information content (AvgIpc) is 2.08. The number of rotatable bonds is 2. The number of carbonyl (C=O) groups excluding carboxylic acids is 2. The second-order valence-electron chi connectivity index (χ2n) is 2.86. The van der Waals surface area contributed by atoms with Crippen molar-refractivity contribution in [2.75, 3.05) is 20.7 Å². The van der Waals surface area contributed by atoms with Gasteiger partial charge in [-0.3, -0.25) is 9.59 Å². The van der Waals surface area contributed by atoms with E-state index in [1.807, 2.05) is 0 Å². The van der Waals surface area contributed by atoms with Gasteiger partial charge in [0.25, 0.3) is 0 Å². The van der Waals surface area contributed by atoms with Crippen LogP contribution in [0.2, 0.25) is 0 Å². The number of likely N-dealkylation sites (N-methyl/N-ethyl adjacent to an activating group) is 1. The maximum Gasteiger partial charge on any atom is 0.242 e.